The lowest BCUT2D eigenvalue weighted by Crippen LogP contribution is -2.24. The van der Waals surface area contributed by atoms with Crippen molar-refractivity contribution >= 4 is 12.2 Å². The van der Waals surface area contributed by atoms with Crippen LogP contribution in [0.3, 0.4) is 0 Å². The maximum atomic E-state index is 13.7. The second kappa shape index (κ2) is 8.79. The zero-order valence-corrected chi connectivity index (χ0v) is 18.4. The first-order valence-electron chi connectivity index (χ1n) is 10.5. The van der Waals surface area contributed by atoms with Crippen molar-refractivity contribution in [3.05, 3.63) is 88.8 Å². The smallest absolute Gasteiger partial charge is 0.194 e. The minimum Gasteiger partial charge on any atom is -0.495 e. The first kappa shape index (κ1) is 21.9. The maximum absolute atomic E-state index is 13.7. The van der Waals surface area contributed by atoms with Crippen molar-refractivity contribution in [2.75, 3.05) is 13.7 Å². The van der Waals surface area contributed by atoms with E-state index in [1.165, 1.54) is 0 Å². The highest BCUT2D eigenvalue weighted by molar-refractivity contribution is 5.69. The molecular formula is C24H20F3N5O2. The van der Waals surface area contributed by atoms with Gasteiger partial charge in [-0.1, -0.05) is 12.1 Å². The van der Waals surface area contributed by atoms with Crippen molar-refractivity contribution in [3.63, 3.8) is 0 Å². The van der Waals surface area contributed by atoms with Gasteiger partial charge in [0.15, 0.2) is 29.1 Å². The van der Waals surface area contributed by atoms with Crippen molar-refractivity contribution in [1.29, 1.82) is 0 Å². The van der Waals surface area contributed by atoms with Crippen LogP contribution >= 0.6 is 0 Å². The largest absolute Gasteiger partial charge is 0.495 e. The van der Waals surface area contributed by atoms with E-state index < -0.39 is 23.6 Å². The quantitative estimate of drug-likeness (QED) is 0.405. The maximum Gasteiger partial charge on any atom is 0.194 e. The second-order valence-corrected chi connectivity index (χ2v) is 7.79. The second-order valence-electron chi connectivity index (χ2n) is 7.79. The van der Waals surface area contributed by atoms with Gasteiger partial charge < -0.3 is 14.0 Å². The molecule has 7 nitrogen and oxygen atoms in total. The van der Waals surface area contributed by atoms with Gasteiger partial charge in [0.05, 0.1) is 38.0 Å². The fraction of sp³-hybridized carbons (Fsp3) is 0.208. The minimum atomic E-state index is -1.52. The van der Waals surface area contributed by atoms with Crippen LogP contribution in [-0.4, -0.2) is 38.0 Å². The Bertz CT molecular complexity index is 1370. The molecule has 0 bridgehead atoms. The van der Waals surface area contributed by atoms with E-state index in [-0.39, 0.29) is 12.2 Å². The van der Waals surface area contributed by atoms with E-state index in [0.717, 1.165) is 29.1 Å². The molecule has 0 fully saturated rings. The molecule has 0 radical (unpaired) electrons. The van der Waals surface area contributed by atoms with Crippen LogP contribution in [0.1, 0.15) is 34.6 Å². The predicted octanol–water partition coefficient (Wildman–Crippen LogP) is 4.49. The number of rotatable bonds is 5. The van der Waals surface area contributed by atoms with E-state index in [9.17, 15) is 13.2 Å². The Hall–Kier alpha value is -3.92. The number of hydrogen-bond acceptors (Lipinski definition) is 5. The Morgan fingerprint density at radius 1 is 1.12 bits per heavy atom. The Balaban J connectivity index is 1.42. The van der Waals surface area contributed by atoms with Crippen LogP contribution in [0.15, 0.2) is 42.9 Å². The molecule has 0 aliphatic carbocycles. The highest BCUT2D eigenvalue weighted by Gasteiger charge is 2.28. The summed E-state index contributed by atoms with van der Waals surface area (Å²) in [4.78, 5) is 8.72. The standard InChI is InChI=1S/C24H20F3N5O2/c1-14-12-31(13-28-14)19-5-3-15(9-20(19)33-2)4-6-21-29-24-23(34-8-7-32(24)30-21)16-10-17(25)22(27)18(26)11-16/h3-6,9-13,23H,7-8H2,1-2H3/t23-/m0/s1. The predicted molar refractivity (Wildman–Crippen MR) is 118 cm³/mol. The van der Waals surface area contributed by atoms with Gasteiger partial charge in [0, 0.05) is 6.20 Å². The zero-order chi connectivity index (χ0) is 23.8. The molecule has 0 saturated carbocycles. The number of hydrogen-bond donors (Lipinski definition) is 0. The Morgan fingerprint density at radius 3 is 2.62 bits per heavy atom. The average Bonchev–Trinajstić information content (AvgIpc) is 3.46. The van der Waals surface area contributed by atoms with Gasteiger partial charge in [-0.05, 0) is 48.4 Å². The molecule has 10 heteroatoms. The molecule has 5 rings (SSSR count). The number of benzene rings is 2. The third-order valence-electron chi connectivity index (χ3n) is 5.47. The van der Waals surface area contributed by atoms with E-state index in [1.54, 1.807) is 24.2 Å². The van der Waals surface area contributed by atoms with Crippen LogP contribution in [0.5, 0.6) is 5.75 Å². The number of ether oxygens (including phenoxy) is 2. The van der Waals surface area contributed by atoms with Gasteiger partial charge in [-0.2, -0.15) is 5.10 Å². The fourth-order valence-electron chi connectivity index (χ4n) is 3.84. The highest BCUT2D eigenvalue weighted by Crippen LogP contribution is 2.30. The zero-order valence-electron chi connectivity index (χ0n) is 18.4. The summed E-state index contributed by atoms with van der Waals surface area (Å²) in [5.41, 5.74) is 2.75. The van der Waals surface area contributed by atoms with Gasteiger partial charge in [0.2, 0.25) is 0 Å². The van der Waals surface area contributed by atoms with Crippen LogP contribution in [-0.2, 0) is 11.3 Å². The molecule has 0 unspecified atom stereocenters. The number of methoxy groups -OCH3 is 1. The third-order valence-corrected chi connectivity index (χ3v) is 5.47. The summed E-state index contributed by atoms with van der Waals surface area (Å²) >= 11 is 0. The normalized spacial score (nSPS) is 15.6. The highest BCUT2D eigenvalue weighted by atomic mass is 19.2. The van der Waals surface area contributed by atoms with Crippen LogP contribution in [0.25, 0.3) is 17.8 Å². The molecule has 1 aliphatic heterocycles. The van der Waals surface area contributed by atoms with Crippen molar-refractivity contribution in [3.8, 4) is 11.4 Å². The molecule has 0 amide bonds. The summed E-state index contributed by atoms with van der Waals surface area (Å²) in [6, 6.07) is 7.56. The molecule has 1 aliphatic rings. The lowest BCUT2D eigenvalue weighted by Gasteiger charge is -2.23. The van der Waals surface area contributed by atoms with Gasteiger partial charge in [-0.25, -0.2) is 27.8 Å². The molecule has 1 atom stereocenters. The van der Waals surface area contributed by atoms with E-state index >= 15 is 0 Å². The lowest BCUT2D eigenvalue weighted by molar-refractivity contribution is 0.0385. The Morgan fingerprint density at radius 2 is 1.91 bits per heavy atom. The number of fused-ring (bicyclic) bond motifs is 1. The summed E-state index contributed by atoms with van der Waals surface area (Å²) in [6.45, 7) is 2.62. The summed E-state index contributed by atoms with van der Waals surface area (Å²) < 4.78 is 55.6. The SMILES string of the molecule is COc1cc(C=Cc2nc3n(n2)CCO[C@H]3c2cc(F)c(F)c(F)c2)ccc1-n1cnc(C)c1. The van der Waals surface area contributed by atoms with E-state index in [4.69, 9.17) is 9.47 Å². The molecule has 0 spiro atoms. The molecule has 3 heterocycles. The van der Waals surface area contributed by atoms with Gasteiger partial charge >= 0.3 is 0 Å². The molecule has 174 valence electrons. The number of halogens is 3. The number of imidazole rings is 1. The van der Waals surface area contributed by atoms with Crippen LogP contribution in [0.4, 0.5) is 13.2 Å². The van der Waals surface area contributed by atoms with Crippen molar-refractivity contribution < 1.29 is 22.6 Å². The minimum absolute atomic E-state index is 0.135. The molecular weight excluding hydrogens is 447 g/mol. The first-order chi connectivity index (χ1) is 16.4. The molecule has 0 N–H and O–H groups in total. The number of aryl methyl sites for hydroxylation is 1. The number of aromatic nitrogens is 5. The molecule has 4 aromatic rings. The summed E-state index contributed by atoms with van der Waals surface area (Å²) in [5.74, 6) is -2.61. The van der Waals surface area contributed by atoms with E-state index in [0.29, 0.717) is 23.9 Å². The lowest BCUT2D eigenvalue weighted by atomic mass is 10.1. The van der Waals surface area contributed by atoms with Crippen molar-refractivity contribution in [2.24, 2.45) is 0 Å². The molecule has 0 saturated heterocycles. The van der Waals surface area contributed by atoms with Crippen molar-refractivity contribution in [1.82, 2.24) is 24.3 Å². The summed E-state index contributed by atoms with van der Waals surface area (Å²) in [7, 11) is 1.60. The molecule has 2 aromatic heterocycles. The third kappa shape index (κ3) is 4.08. The van der Waals surface area contributed by atoms with Crippen LogP contribution in [0, 0.1) is 24.4 Å². The van der Waals surface area contributed by atoms with Crippen LogP contribution < -0.4 is 4.74 Å². The van der Waals surface area contributed by atoms with E-state index in [2.05, 4.69) is 15.1 Å². The number of nitrogens with zero attached hydrogens (tertiary/aromatic N) is 5. The molecule has 34 heavy (non-hydrogen) atoms. The summed E-state index contributed by atoms with van der Waals surface area (Å²) in [5, 5.41) is 4.45. The van der Waals surface area contributed by atoms with Gasteiger partial charge in [-0.3, -0.25) is 0 Å². The Kier molecular flexibility index (Phi) is 5.66. The van der Waals surface area contributed by atoms with Gasteiger partial charge in [0.25, 0.3) is 0 Å². The van der Waals surface area contributed by atoms with Crippen molar-refractivity contribution in [2.45, 2.75) is 19.6 Å². The van der Waals surface area contributed by atoms with Crippen LogP contribution in [0.2, 0.25) is 0 Å². The fourth-order valence-corrected chi connectivity index (χ4v) is 3.84. The van der Waals surface area contributed by atoms with Gasteiger partial charge in [0.1, 0.15) is 11.9 Å². The summed E-state index contributed by atoms with van der Waals surface area (Å²) in [6.07, 6.45) is 6.33. The van der Waals surface area contributed by atoms with E-state index in [1.807, 2.05) is 42.0 Å². The Labute approximate surface area is 193 Å². The average molecular weight is 467 g/mol. The van der Waals surface area contributed by atoms with Gasteiger partial charge in [-0.15, -0.1) is 0 Å². The monoisotopic (exact) mass is 467 g/mol. The topological polar surface area (TPSA) is 67.0 Å². The first-order valence-corrected chi connectivity index (χ1v) is 10.5. The molecule has 2 aromatic carbocycles.